The highest BCUT2D eigenvalue weighted by Crippen LogP contribution is 2.17. The van der Waals surface area contributed by atoms with Gasteiger partial charge in [0, 0.05) is 31.6 Å². The highest BCUT2D eigenvalue weighted by molar-refractivity contribution is 5.79. The second kappa shape index (κ2) is 9.30. The van der Waals surface area contributed by atoms with Crippen molar-refractivity contribution in [2.75, 3.05) is 19.6 Å². The first-order valence-electron chi connectivity index (χ1n) is 8.93. The largest absolute Gasteiger partial charge is 0.356 e. The summed E-state index contributed by atoms with van der Waals surface area (Å²) in [6.45, 7) is 5.92. The molecule has 1 saturated heterocycles. The lowest BCUT2D eigenvalue weighted by Crippen LogP contribution is -2.48. The fourth-order valence-corrected chi connectivity index (χ4v) is 2.98. The highest BCUT2D eigenvalue weighted by atomic mass is 16.2. The molecule has 0 atom stereocenters. The molecule has 5 heteroatoms. The molecule has 0 radical (unpaired) electrons. The SMILES string of the molecule is CC(C)NC(=O)N1CCC(C(=O)NCCCc2ccccc2)CC1. The standard InChI is InChI=1S/C19H29N3O2/c1-15(2)21-19(24)22-13-10-17(11-14-22)18(23)20-12-6-9-16-7-4-3-5-8-16/h3-5,7-8,15,17H,6,9-14H2,1-2H3,(H,20,23)(H,21,24). The van der Waals surface area contributed by atoms with E-state index in [2.05, 4.69) is 22.8 Å². The zero-order valence-electron chi connectivity index (χ0n) is 14.8. The van der Waals surface area contributed by atoms with Gasteiger partial charge in [0.2, 0.25) is 5.91 Å². The van der Waals surface area contributed by atoms with E-state index in [-0.39, 0.29) is 23.9 Å². The molecule has 0 saturated carbocycles. The Hall–Kier alpha value is -2.04. The number of likely N-dealkylation sites (tertiary alicyclic amines) is 1. The molecule has 0 aromatic heterocycles. The Morgan fingerprint density at radius 2 is 1.83 bits per heavy atom. The molecular weight excluding hydrogens is 302 g/mol. The molecule has 0 aliphatic carbocycles. The van der Waals surface area contributed by atoms with Gasteiger partial charge in [0.15, 0.2) is 0 Å². The van der Waals surface area contributed by atoms with E-state index in [4.69, 9.17) is 0 Å². The van der Waals surface area contributed by atoms with Gasteiger partial charge in [-0.3, -0.25) is 4.79 Å². The number of aryl methyl sites for hydroxylation is 1. The first-order valence-corrected chi connectivity index (χ1v) is 8.93. The minimum absolute atomic E-state index is 0.0216. The molecule has 1 fully saturated rings. The Morgan fingerprint density at radius 3 is 2.46 bits per heavy atom. The molecule has 1 aliphatic rings. The van der Waals surface area contributed by atoms with Crippen LogP contribution < -0.4 is 10.6 Å². The molecule has 24 heavy (non-hydrogen) atoms. The summed E-state index contributed by atoms with van der Waals surface area (Å²) in [6, 6.07) is 10.4. The van der Waals surface area contributed by atoms with Crippen molar-refractivity contribution >= 4 is 11.9 Å². The van der Waals surface area contributed by atoms with Gasteiger partial charge in [-0.15, -0.1) is 0 Å². The number of carbonyl (C=O) groups is 2. The van der Waals surface area contributed by atoms with Crippen LogP contribution in [-0.4, -0.2) is 42.5 Å². The fraction of sp³-hybridized carbons (Fsp3) is 0.579. The topological polar surface area (TPSA) is 61.4 Å². The van der Waals surface area contributed by atoms with Crippen LogP contribution in [0.1, 0.15) is 38.7 Å². The highest BCUT2D eigenvalue weighted by Gasteiger charge is 2.27. The van der Waals surface area contributed by atoms with Crippen molar-refractivity contribution in [2.45, 2.75) is 45.6 Å². The Kier molecular flexibility index (Phi) is 7.09. The van der Waals surface area contributed by atoms with E-state index in [1.54, 1.807) is 4.90 Å². The van der Waals surface area contributed by atoms with E-state index in [1.165, 1.54) is 5.56 Å². The molecule has 0 unspecified atom stereocenters. The van der Waals surface area contributed by atoms with Crippen LogP contribution in [0.5, 0.6) is 0 Å². The maximum Gasteiger partial charge on any atom is 0.317 e. The molecule has 3 amide bonds. The zero-order valence-corrected chi connectivity index (χ0v) is 14.8. The van der Waals surface area contributed by atoms with Gasteiger partial charge in [-0.25, -0.2) is 4.79 Å². The van der Waals surface area contributed by atoms with Crippen LogP contribution >= 0.6 is 0 Å². The van der Waals surface area contributed by atoms with Crippen LogP contribution in [0.3, 0.4) is 0 Å². The van der Waals surface area contributed by atoms with Crippen molar-refractivity contribution in [3.05, 3.63) is 35.9 Å². The Balaban J connectivity index is 1.63. The number of benzene rings is 1. The molecular formula is C19H29N3O2. The molecule has 0 spiro atoms. The number of hydrogen-bond donors (Lipinski definition) is 2. The summed E-state index contributed by atoms with van der Waals surface area (Å²) in [5.41, 5.74) is 1.30. The minimum atomic E-state index is -0.0216. The molecule has 132 valence electrons. The predicted octanol–water partition coefficient (Wildman–Crippen LogP) is 2.57. The van der Waals surface area contributed by atoms with E-state index < -0.39 is 0 Å². The van der Waals surface area contributed by atoms with Gasteiger partial charge < -0.3 is 15.5 Å². The second-order valence-electron chi connectivity index (χ2n) is 6.75. The van der Waals surface area contributed by atoms with Crippen LogP contribution in [0.2, 0.25) is 0 Å². The summed E-state index contributed by atoms with van der Waals surface area (Å²) in [4.78, 5) is 26.0. The van der Waals surface area contributed by atoms with E-state index in [9.17, 15) is 9.59 Å². The number of hydrogen-bond acceptors (Lipinski definition) is 2. The zero-order chi connectivity index (χ0) is 17.4. The molecule has 1 heterocycles. The van der Waals surface area contributed by atoms with Crippen LogP contribution in [0, 0.1) is 5.92 Å². The second-order valence-corrected chi connectivity index (χ2v) is 6.75. The number of carbonyl (C=O) groups excluding carboxylic acids is 2. The average molecular weight is 331 g/mol. The lowest BCUT2D eigenvalue weighted by Gasteiger charge is -2.32. The Morgan fingerprint density at radius 1 is 1.17 bits per heavy atom. The number of piperidine rings is 1. The van der Waals surface area contributed by atoms with Crippen LogP contribution in [0.4, 0.5) is 4.79 Å². The van der Waals surface area contributed by atoms with Crippen molar-refractivity contribution in [3.8, 4) is 0 Å². The number of amides is 3. The van der Waals surface area contributed by atoms with Crippen molar-refractivity contribution in [1.82, 2.24) is 15.5 Å². The quantitative estimate of drug-likeness (QED) is 0.787. The van der Waals surface area contributed by atoms with Gasteiger partial charge in [-0.1, -0.05) is 30.3 Å². The third kappa shape index (κ3) is 5.87. The maximum absolute atomic E-state index is 12.2. The van der Waals surface area contributed by atoms with Crippen LogP contribution in [-0.2, 0) is 11.2 Å². The van der Waals surface area contributed by atoms with Gasteiger partial charge in [0.1, 0.15) is 0 Å². The molecule has 1 aromatic carbocycles. The number of rotatable bonds is 6. The number of urea groups is 1. The van der Waals surface area contributed by atoms with E-state index in [1.807, 2.05) is 32.0 Å². The third-order valence-electron chi connectivity index (χ3n) is 4.35. The van der Waals surface area contributed by atoms with E-state index in [0.717, 1.165) is 25.7 Å². The van der Waals surface area contributed by atoms with Crippen molar-refractivity contribution in [1.29, 1.82) is 0 Å². The average Bonchev–Trinajstić information content (AvgIpc) is 2.59. The Labute approximate surface area is 144 Å². The van der Waals surface area contributed by atoms with Gasteiger partial charge in [0.05, 0.1) is 0 Å². The lowest BCUT2D eigenvalue weighted by atomic mass is 9.96. The van der Waals surface area contributed by atoms with Gasteiger partial charge >= 0.3 is 6.03 Å². The molecule has 0 bridgehead atoms. The van der Waals surface area contributed by atoms with Crippen molar-refractivity contribution in [3.63, 3.8) is 0 Å². The lowest BCUT2D eigenvalue weighted by molar-refractivity contribution is -0.126. The van der Waals surface area contributed by atoms with Crippen LogP contribution in [0.25, 0.3) is 0 Å². The third-order valence-corrected chi connectivity index (χ3v) is 4.35. The van der Waals surface area contributed by atoms with Gasteiger partial charge in [-0.2, -0.15) is 0 Å². The molecule has 1 aliphatic heterocycles. The van der Waals surface area contributed by atoms with Crippen molar-refractivity contribution in [2.24, 2.45) is 5.92 Å². The summed E-state index contributed by atoms with van der Waals surface area (Å²) in [5, 5.41) is 5.94. The number of nitrogens with one attached hydrogen (secondary N) is 2. The molecule has 2 N–H and O–H groups in total. The first-order chi connectivity index (χ1) is 11.6. The normalized spacial score (nSPS) is 15.4. The predicted molar refractivity (Wildman–Crippen MR) is 95.7 cm³/mol. The Bertz CT molecular complexity index is 523. The summed E-state index contributed by atoms with van der Waals surface area (Å²) in [5.74, 6) is 0.164. The molecule has 5 nitrogen and oxygen atoms in total. The fourth-order valence-electron chi connectivity index (χ4n) is 2.98. The van der Waals surface area contributed by atoms with E-state index >= 15 is 0 Å². The first kappa shape index (κ1) is 18.3. The summed E-state index contributed by atoms with van der Waals surface area (Å²) in [7, 11) is 0. The minimum Gasteiger partial charge on any atom is -0.356 e. The van der Waals surface area contributed by atoms with Crippen molar-refractivity contribution < 1.29 is 9.59 Å². The number of nitrogens with zero attached hydrogens (tertiary/aromatic N) is 1. The molecule has 1 aromatic rings. The van der Waals surface area contributed by atoms with E-state index in [0.29, 0.717) is 19.6 Å². The summed E-state index contributed by atoms with van der Waals surface area (Å²) in [6.07, 6.45) is 3.42. The smallest absolute Gasteiger partial charge is 0.317 e. The summed E-state index contributed by atoms with van der Waals surface area (Å²) >= 11 is 0. The van der Waals surface area contributed by atoms with Gasteiger partial charge in [0.25, 0.3) is 0 Å². The summed E-state index contributed by atoms with van der Waals surface area (Å²) < 4.78 is 0. The van der Waals surface area contributed by atoms with Crippen LogP contribution in [0.15, 0.2) is 30.3 Å². The monoisotopic (exact) mass is 331 g/mol. The molecule has 2 rings (SSSR count). The maximum atomic E-state index is 12.2. The van der Waals surface area contributed by atoms with Gasteiger partial charge in [-0.05, 0) is 45.1 Å².